The van der Waals surface area contributed by atoms with Crippen LogP contribution in [0.1, 0.15) is 38.3 Å². The second-order valence-corrected chi connectivity index (χ2v) is 9.26. The normalized spacial score (nSPS) is 29.1. The Morgan fingerprint density at radius 2 is 2.06 bits per heavy atom. The van der Waals surface area contributed by atoms with Gasteiger partial charge in [-0.05, 0) is 59.9 Å². The third-order valence-corrected chi connectivity index (χ3v) is 7.22. The van der Waals surface area contributed by atoms with Crippen molar-refractivity contribution in [1.82, 2.24) is 4.98 Å². The molecule has 2 fully saturated rings. The Labute approximate surface area is 185 Å². The summed E-state index contributed by atoms with van der Waals surface area (Å²) in [6, 6.07) is 10.0. The fraction of sp³-hybridized carbons (Fsp3) is 0.440. The number of halogens is 3. The van der Waals surface area contributed by atoms with E-state index in [0.29, 0.717) is 18.5 Å². The van der Waals surface area contributed by atoms with Gasteiger partial charge in [-0.3, -0.25) is 4.98 Å². The average Bonchev–Trinajstić information content (AvgIpc) is 3.01. The Morgan fingerprint density at radius 3 is 2.75 bits per heavy atom. The van der Waals surface area contributed by atoms with Crippen LogP contribution in [0, 0.1) is 29.0 Å². The summed E-state index contributed by atoms with van der Waals surface area (Å²) >= 11 is 0. The van der Waals surface area contributed by atoms with Crippen molar-refractivity contribution >= 4 is 12.2 Å². The third-order valence-electron chi connectivity index (χ3n) is 7.22. The molecule has 4 rings (SSSR count). The minimum atomic E-state index is -2.65. The monoisotopic (exact) mass is 444 g/mol. The van der Waals surface area contributed by atoms with Gasteiger partial charge in [0.1, 0.15) is 5.82 Å². The quantitative estimate of drug-likeness (QED) is 0.608. The number of pyridine rings is 1. The molecule has 0 aliphatic heterocycles. The highest BCUT2D eigenvalue weighted by atomic mass is 19.3. The number of hydrogen-bond donors (Lipinski definition) is 1. The van der Waals surface area contributed by atoms with Crippen LogP contribution >= 0.6 is 0 Å². The molecule has 0 spiro atoms. The number of alkyl halides is 2. The number of rotatable bonds is 5. The maximum atomic E-state index is 14.1. The molecule has 4 atom stereocenters. The largest absolute Gasteiger partial charge is 0.449 e. The topological polar surface area (TPSA) is 65.2 Å². The van der Waals surface area contributed by atoms with Gasteiger partial charge >= 0.3 is 6.09 Å². The molecule has 2 aliphatic rings. The average molecular weight is 444 g/mol. The number of carbonyl (C=O) groups is 1. The first-order valence-corrected chi connectivity index (χ1v) is 10.9. The van der Waals surface area contributed by atoms with E-state index in [1.165, 1.54) is 12.1 Å². The van der Waals surface area contributed by atoms with Crippen LogP contribution in [0.25, 0.3) is 17.2 Å². The van der Waals surface area contributed by atoms with E-state index in [9.17, 15) is 18.0 Å². The molecule has 0 saturated heterocycles. The van der Waals surface area contributed by atoms with E-state index in [1.54, 1.807) is 12.3 Å². The van der Waals surface area contributed by atoms with Gasteiger partial charge in [0.05, 0.1) is 12.3 Å². The van der Waals surface area contributed by atoms with Crippen molar-refractivity contribution in [3.05, 3.63) is 60.2 Å². The zero-order valence-corrected chi connectivity index (χ0v) is 17.9. The summed E-state index contributed by atoms with van der Waals surface area (Å²) in [5.41, 5.74) is 7.10. The van der Waals surface area contributed by atoms with Gasteiger partial charge < -0.3 is 10.5 Å². The number of aromatic nitrogens is 1. The van der Waals surface area contributed by atoms with E-state index in [4.69, 9.17) is 10.5 Å². The number of amides is 1. The van der Waals surface area contributed by atoms with Crippen LogP contribution in [0.4, 0.5) is 18.0 Å². The molecule has 1 unspecified atom stereocenters. The molecule has 2 aliphatic carbocycles. The van der Waals surface area contributed by atoms with E-state index in [1.807, 2.05) is 30.4 Å². The summed E-state index contributed by atoms with van der Waals surface area (Å²) in [5, 5.41) is 0. The molecule has 4 nitrogen and oxygen atoms in total. The number of primary amides is 1. The number of carbonyl (C=O) groups excluding carboxylic acids is 1. The van der Waals surface area contributed by atoms with Crippen LogP contribution in [0.3, 0.4) is 0 Å². The van der Waals surface area contributed by atoms with Crippen molar-refractivity contribution in [2.24, 2.45) is 28.9 Å². The highest BCUT2D eigenvalue weighted by Gasteiger charge is 2.57. The van der Waals surface area contributed by atoms with Crippen molar-refractivity contribution in [3.8, 4) is 11.1 Å². The van der Waals surface area contributed by atoms with Gasteiger partial charge in [0.2, 0.25) is 5.92 Å². The second kappa shape index (κ2) is 8.60. The Bertz CT molecular complexity index is 1010. The standard InChI is InChI=1S/C25H27F3N2O2/c1-24-9-10-25(27,28)13-19(24)11-18(15-32-23(29)31)22(24)8-7-21-6-5-17(14-30-21)16-3-2-4-20(26)12-16/h2-8,12,14,18-19,22H,9-11,13,15H2,1H3,(H2,29,31)/b8-7+/t18?,19-,22-,24-/m1/s1. The Kier molecular flexibility index (Phi) is 6.01. The highest BCUT2D eigenvalue weighted by molar-refractivity contribution is 5.64. The molecule has 2 saturated carbocycles. The van der Waals surface area contributed by atoms with Crippen LogP contribution < -0.4 is 5.73 Å². The lowest BCUT2D eigenvalue weighted by atomic mass is 9.64. The summed E-state index contributed by atoms with van der Waals surface area (Å²) in [6.45, 7) is 2.18. The molecule has 7 heteroatoms. The first-order valence-electron chi connectivity index (χ1n) is 10.9. The lowest BCUT2D eigenvalue weighted by Crippen LogP contribution is -2.39. The predicted octanol–water partition coefficient (Wildman–Crippen LogP) is 6.07. The maximum absolute atomic E-state index is 14.1. The third kappa shape index (κ3) is 4.66. The van der Waals surface area contributed by atoms with Gasteiger partial charge in [0.15, 0.2) is 0 Å². The molecule has 2 N–H and O–H groups in total. The summed E-state index contributed by atoms with van der Waals surface area (Å²) < 4.78 is 46.7. The number of hydrogen-bond acceptors (Lipinski definition) is 3. The molecule has 2 aromatic rings. The van der Waals surface area contributed by atoms with E-state index in [-0.39, 0.29) is 48.4 Å². The number of nitrogens with two attached hydrogens (primary N) is 1. The molecule has 1 amide bonds. The number of ether oxygens (including phenoxy) is 1. The van der Waals surface area contributed by atoms with Crippen molar-refractivity contribution in [2.75, 3.05) is 6.61 Å². The van der Waals surface area contributed by atoms with Gasteiger partial charge in [-0.1, -0.05) is 31.2 Å². The van der Waals surface area contributed by atoms with E-state index in [0.717, 1.165) is 11.1 Å². The number of benzene rings is 1. The minimum Gasteiger partial charge on any atom is -0.449 e. The van der Waals surface area contributed by atoms with Crippen LogP contribution in [0.5, 0.6) is 0 Å². The van der Waals surface area contributed by atoms with E-state index >= 15 is 0 Å². The SMILES string of the molecule is C[C@@]12CCC(F)(F)C[C@H]1CC(COC(N)=O)[C@H]2/C=C/c1ccc(-c2cccc(F)c2)cn1. The van der Waals surface area contributed by atoms with E-state index < -0.39 is 12.0 Å². The lowest BCUT2D eigenvalue weighted by molar-refractivity contribution is -0.0906. The van der Waals surface area contributed by atoms with Gasteiger partial charge in [0.25, 0.3) is 0 Å². The fourth-order valence-corrected chi connectivity index (χ4v) is 5.48. The zero-order chi connectivity index (χ0) is 22.9. The summed E-state index contributed by atoms with van der Waals surface area (Å²) in [6.07, 6.45) is 5.45. The van der Waals surface area contributed by atoms with Gasteiger partial charge in [-0.15, -0.1) is 0 Å². The number of allylic oxidation sites excluding steroid dienone is 1. The highest BCUT2D eigenvalue weighted by Crippen LogP contribution is 2.61. The van der Waals surface area contributed by atoms with Crippen LogP contribution in [-0.4, -0.2) is 23.6 Å². The first kappa shape index (κ1) is 22.4. The van der Waals surface area contributed by atoms with Crippen molar-refractivity contribution in [2.45, 2.75) is 38.5 Å². The Hall–Kier alpha value is -2.83. The smallest absolute Gasteiger partial charge is 0.404 e. The zero-order valence-electron chi connectivity index (χ0n) is 17.9. The molecule has 1 aromatic heterocycles. The van der Waals surface area contributed by atoms with Gasteiger partial charge in [-0.2, -0.15) is 0 Å². The maximum Gasteiger partial charge on any atom is 0.404 e. The number of fused-ring (bicyclic) bond motifs is 1. The van der Waals surface area contributed by atoms with Crippen LogP contribution in [-0.2, 0) is 4.74 Å². The Morgan fingerprint density at radius 1 is 1.25 bits per heavy atom. The van der Waals surface area contributed by atoms with Crippen molar-refractivity contribution in [3.63, 3.8) is 0 Å². The molecule has 1 aromatic carbocycles. The van der Waals surface area contributed by atoms with E-state index in [2.05, 4.69) is 11.9 Å². The molecule has 170 valence electrons. The lowest BCUT2D eigenvalue weighted by Gasteiger charge is -2.43. The van der Waals surface area contributed by atoms with Gasteiger partial charge in [0, 0.05) is 30.5 Å². The summed E-state index contributed by atoms with van der Waals surface area (Å²) in [4.78, 5) is 15.6. The molecule has 0 bridgehead atoms. The summed E-state index contributed by atoms with van der Waals surface area (Å²) in [7, 11) is 0. The molecule has 0 radical (unpaired) electrons. The predicted molar refractivity (Wildman–Crippen MR) is 116 cm³/mol. The molecule has 1 heterocycles. The minimum absolute atomic E-state index is 0.0346. The van der Waals surface area contributed by atoms with Crippen molar-refractivity contribution < 1.29 is 22.7 Å². The number of nitrogens with zero attached hydrogens (tertiary/aromatic N) is 1. The van der Waals surface area contributed by atoms with Crippen LogP contribution in [0.2, 0.25) is 0 Å². The Balaban J connectivity index is 1.55. The van der Waals surface area contributed by atoms with Crippen LogP contribution in [0.15, 0.2) is 48.7 Å². The molecular formula is C25H27F3N2O2. The van der Waals surface area contributed by atoms with Crippen molar-refractivity contribution in [1.29, 1.82) is 0 Å². The first-order chi connectivity index (χ1) is 15.2. The second-order valence-electron chi connectivity index (χ2n) is 9.26. The molecule has 32 heavy (non-hydrogen) atoms. The fourth-order valence-electron chi connectivity index (χ4n) is 5.48. The molecular weight excluding hydrogens is 417 g/mol. The summed E-state index contributed by atoms with van der Waals surface area (Å²) in [5.74, 6) is -3.21. The van der Waals surface area contributed by atoms with Gasteiger partial charge in [-0.25, -0.2) is 18.0 Å².